The first-order valence-electron chi connectivity index (χ1n) is 11.2. The second-order valence-electron chi connectivity index (χ2n) is 8.33. The van der Waals surface area contributed by atoms with Crippen molar-refractivity contribution in [3.8, 4) is 11.3 Å². The lowest BCUT2D eigenvalue weighted by Crippen LogP contribution is -2.32. The van der Waals surface area contributed by atoms with Crippen LogP contribution >= 0.6 is 11.6 Å². The summed E-state index contributed by atoms with van der Waals surface area (Å²) in [5, 5.41) is 9.97. The highest BCUT2D eigenvalue weighted by Crippen LogP contribution is 2.29. The van der Waals surface area contributed by atoms with Gasteiger partial charge in [0.1, 0.15) is 11.6 Å². The number of nitrogens with one attached hydrogen (secondary N) is 3. The topological polar surface area (TPSA) is 99.2 Å². The van der Waals surface area contributed by atoms with Gasteiger partial charge in [-0.25, -0.2) is 9.97 Å². The molecule has 4 heterocycles. The lowest BCUT2D eigenvalue weighted by Gasteiger charge is -2.22. The van der Waals surface area contributed by atoms with Crippen molar-refractivity contribution < 1.29 is 9.59 Å². The molecule has 3 N–H and O–H groups in total. The molecule has 0 bridgehead atoms. The molecule has 8 nitrogen and oxygen atoms in total. The largest absolute Gasteiger partial charge is 0.368 e. The maximum atomic E-state index is 12.5. The number of likely N-dealkylation sites (tertiary alicyclic amines) is 1. The smallest absolute Gasteiger partial charge is 0.225 e. The number of nitrogens with zero attached hydrogens (tertiary/aromatic N) is 3. The van der Waals surface area contributed by atoms with Crippen LogP contribution in [0, 0.1) is 5.92 Å². The Labute approximate surface area is 193 Å². The summed E-state index contributed by atoms with van der Waals surface area (Å²) in [6.07, 6.45) is 5.76. The fourth-order valence-electron chi connectivity index (χ4n) is 4.20. The van der Waals surface area contributed by atoms with E-state index in [2.05, 4.69) is 25.9 Å². The Kier molecular flexibility index (Phi) is 7.55. The van der Waals surface area contributed by atoms with E-state index >= 15 is 0 Å². The van der Waals surface area contributed by atoms with Crippen molar-refractivity contribution in [2.45, 2.75) is 32.1 Å². The summed E-state index contributed by atoms with van der Waals surface area (Å²) in [7, 11) is 0. The third-order valence-corrected chi connectivity index (χ3v) is 6.18. The Morgan fingerprint density at radius 3 is 2.97 bits per heavy atom. The molecular weight excluding hydrogens is 428 g/mol. The number of hydrogen-bond donors (Lipinski definition) is 3. The van der Waals surface area contributed by atoms with E-state index in [1.165, 1.54) is 6.20 Å². The van der Waals surface area contributed by atoms with Crippen LogP contribution in [-0.4, -0.2) is 59.4 Å². The first kappa shape index (κ1) is 22.5. The number of pyridine rings is 2. The van der Waals surface area contributed by atoms with Gasteiger partial charge in [-0.15, -0.1) is 0 Å². The summed E-state index contributed by atoms with van der Waals surface area (Å²) < 4.78 is 0. The highest BCUT2D eigenvalue weighted by molar-refractivity contribution is 6.33. The van der Waals surface area contributed by atoms with Gasteiger partial charge in [0, 0.05) is 44.2 Å². The Bertz CT molecular complexity index is 963. The lowest BCUT2D eigenvalue weighted by atomic mass is 9.96. The van der Waals surface area contributed by atoms with Gasteiger partial charge in [-0.2, -0.15) is 0 Å². The molecule has 2 saturated heterocycles. The van der Waals surface area contributed by atoms with Crippen molar-refractivity contribution in [1.29, 1.82) is 0 Å². The van der Waals surface area contributed by atoms with Crippen LogP contribution in [0.1, 0.15) is 32.1 Å². The third kappa shape index (κ3) is 5.95. The Morgan fingerprint density at radius 2 is 2.19 bits per heavy atom. The van der Waals surface area contributed by atoms with E-state index in [4.69, 9.17) is 11.6 Å². The predicted molar refractivity (Wildman–Crippen MR) is 126 cm³/mol. The summed E-state index contributed by atoms with van der Waals surface area (Å²) in [5.74, 6) is 1.70. The number of anilines is 2. The van der Waals surface area contributed by atoms with E-state index in [1.807, 2.05) is 23.1 Å². The maximum absolute atomic E-state index is 12.5. The highest BCUT2D eigenvalue weighted by Gasteiger charge is 2.19. The molecule has 2 aromatic rings. The number of rotatable bonds is 8. The van der Waals surface area contributed by atoms with Crippen molar-refractivity contribution in [3.05, 3.63) is 35.5 Å². The van der Waals surface area contributed by atoms with Crippen LogP contribution in [0.4, 0.5) is 11.6 Å². The van der Waals surface area contributed by atoms with Gasteiger partial charge in [0.25, 0.3) is 0 Å². The van der Waals surface area contributed by atoms with E-state index < -0.39 is 0 Å². The average Bonchev–Trinajstić information content (AvgIpc) is 3.20. The summed E-state index contributed by atoms with van der Waals surface area (Å²) in [6.45, 7) is 4.02. The monoisotopic (exact) mass is 456 g/mol. The van der Waals surface area contributed by atoms with Crippen molar-refractivity contribution >= 4 is 35.1 Å². The second-order valence-corrected chi connectivity index (χ2v) is 8.74. The molecule has 0 aliphatic carbocycles. The number of halogens is 1. The van der Waals surface area contributed by atoms with Gasteiger partial charge in [0.05, 0.1) is 10.7 Å². The number of aromatic nitrogens is 2. The van der Waals surface area contributed by atoms with Gasteiger partial charge in [-0.1, -0.05) is 17.7 Å². The molecule has 170 valence electrons. The zero-order chi connectivity index (χ0) is 22.3. The van der Waals surface area contributed by atoms with Crippen molar-refractivity contribution in [2.24, 2.45) is 5.92 Å². The first-order chi connectivity index (χ1) is 15.6. The molecule has 0 radical (unpaired) electrons. The molecule has 2 fully saturated rings. The molecule has 1 atom stereocenters. The van der Waals surface area contributed by atoms with E-state index in [-0.39, 0.29) is 11.8 Å². The van der Waals surface area contributed by atoms with Gasteiger partial charge < -0.3 is 20.9 Å². The molecule has 32 heavy (non-hydrogen) atoms. The summed E-state index contributed by atoms with van der Waals surface area (Å²) >= 11 is 6.39. The Balaban J connectivity index is 1.38. The molecule has 2 aliphatic heterocycles. The Hall–Kier alpha value is -2.71. The fourth-order valence-corrected chi connectivity index (χ4v) is 4.40. The SMILES string of the molecule is O=C(CC1CCCNC1)Nc1cc(-c2cccc(NCCN3CCCC3=O)n2)c(Cl)cn1. The molecule has 1 unspecified atom stereocenters. The van der Waals surface area contributed by atoms with E-state index in [0.29, 0.717) is 59.8 Å². The Morgan fingerprint density at radius 1 is 1.28 bits per heavy atom. The zero-order valence-corrected chi connectivity index (χ0v) is 18.8. The van der Waals surface area contributed by atoms with E-state index in [9.17, 15) is 9.59 Å². The summed E-state index contributed by atoms with van der Waals surface area (Å²) in [4.78, 5) is 35.0. The van der Waals surface area contributed by atoms with Crippen molar-refractivity contribution in [3.63, 3.8) is 0 Å². The fraction of sp³-hybridized carbons (Fsp3) is 0.478. The molecule has 4 rings (SSSR count). The summed E-state index contributed by atoms with van der Waals surface area (Å²) in [5.41, 5.74) is 1.39. The van der Waals surface area contributed by atoms with Crippen LogP contribution in [0.5, 0.6) is 0 Å². The summed E-state index contributed by atoms with van der Waals surface area (Å²) in [6, 6.07) is 7.41. The lowest BCUT2D eigenvalue weighted by molar-refractivity contribution is -0.127. The molecule has 2 amide bonds. The number of hydrogen-bond acceptors (Lipinski definition) is 6. The van der Waals surface area contributed by atoms with Crippen LogP contribution in [0.2, 0.25) is 5.02 Å². The number of carbonyl (C=O) groups is 2. The number of amides is 2. The van der Waals surface area contributed by atoms with E-state index in [1.54, 1.807) is 6.07 Å². The van der Waals surface area contributed by atoms with E-state index in [0.717, 1.165) is 38.9 Å². The van der Waals surface area contributed by atoms with Crippen molar-refractivity contribution in [2.75, 3.05) is 43.4 Å². The van der Waals surface area contributed by atoms with Crippen LogP contribution in [-0.2, 0) is 9.59 Å². The molecule has 0 spiro atoms. The number of piperidine rings is 1. The molecule has 2 aliphatic rings. The quantitative estimate of drug-likeness (QED) is 0.564. The molecule has 0 aromatic carbocycles. The minimum absolute atomic E-state index is 0.0423. The predicted octanol–water partition coefficient (Wildman–Crippen LogP) is 3.16. The number of carbonyl (C=O) groups excluding carboxylic acids is 2. The van der Waals surface area contributed by atoms with Gasteiger partial charge in [0.2, 0.25) is 11.8 Å². The van der Waals surface area contributed by atoms with Crippen molar-refractivity contribution in [1.82, 2.24) is 20.2 Å². The van der Waals surface area contributed by atoms with Crippen LogP contribution in [0.15, 0.2) is 30.5 Å². The molecule has 2 aromatic heterocycles. The minimum atomic E-state index is -0.0423. The van der Waals surface area contributed by atoms with Gasteiger partial charge >= 0.3 is 0 Å². The average molecular weight is 457 g/mol. The van der Waals surface area contributed by atoms with Gasteiger partial charge in [0.15, 0.2) is 0 Å². The molecule has 0 saturated carbocycles. The second kappa shape index (κ2) is 10.7. The normalized spacial score (nSPS) is 18.6. The molecule has 9 heteroatoms. The zero-order valence-electron chi connectivity index (χ0n) is 18.1. The van der Waals surface area contributed by atoms with Crippen LogP contribution in [0.25, 0.3) is 11.3 Å². The third-order valence-electron chi connectivity index (χ3n) is 5.88. The highest BCUT2D eigenvalue weighted by atomic mass is 35.5. The maximum Gasteiger partial charge on any atom is 0.225 e. The first-order valence-corrected chi connectivity index (χ1v) is 11.6. The van der Waals surface area contributed by atoms with Crippen LogP contribution in [0.3, 0.4) is 0 Å². The molecular formula is C23H29ClN6O2. The van der Waals surface area contributed by atoms with Gasteiger partial charge in [-0.05, 0) is 56.5 Å². The standard InChI is InChI=1S/C23H29ClN6O2/c24-18-15-27-21(29-22(31)12-16-4-2-8-25-14-16)13-17(18)19-5-1-6-20(28-19)26-9-11-30-10-3-7-23(30)32/h1,5-6,13,15-16,25H,2-4,7-12,14H2,(H,26,28)(H,27,29,31). The minimum Gasteiger partial charge on any atom is -0.368 e. The van der Waals surface area contributed by atoms with Crippen LogP contribution < -0.4 is 16.0 Å². The van der Waals surface area contributed by atoms with Gasteiger partial charge in [-0.3, -0.25) is 9.59 Å².